The Bertz CT molecular complexity index is 570. The van der Waals surface area contributed by atoms with Gasteiger partial charge in [0, 0.05) is 24.0 Å². The van der Waals surface area contributed by atoms with Crippen molar-refractivity contribution in [3.8, 4) is 0 Å². The van der Waals surface area contributed by atoms with E-state index in [1.165, 1.54) is 36.2 Å². The van der Waals surface area contributed by atoms with Crippen LogP contribution in [0.3, 0.4) is 0 Å². The summed E-state index contributed by atoms with van der Waals surface area (Å²) in [6, 6.07) is 5.06. The minimum absolute atomic E-state index is 0.523. The maximum absolute atomic E-state index is 4.62. The Kier molecular flexibility index (Phi) is 4.22. The van der Waals surface area contributed by atoms with Gasteiger partial charge in [0.15, 0.2) is 0 Å². The van der Waals surface area contributed by atoms with Crippen LogP contribution in [0.2, 0.25) is 0 Å². The van der Waals surface area contributed by atoms with Crippen LogP contribution in [0.25, 0.3) is 0 Å². The molecule has 0 amide bonds. The Morgan fingerprint density at radius 2 is 2.35 bits per heavy atom. The molecule has 1 atom stereocenters. The van der Waals surface area contributed by atoms with Crippen LogP contribution in [0.1, 0.15) is 54.6 Å². The van der Waals surface area contributed by atoms with Crippen molar-refractivity contribution < 1.29 is 0 Å². The van der Waals surface area contributed by atoms with Gasteiger partial charge in [0.1, 0.15) is 0 Å². The van der Waals surface area contributed by atoms with E-state index in [1.54, 1.807) is 4.88 Å². The molecule has 0 bridgehead atoms. The fourth-order valence-electron chi connectivity index (χ4n) is 3.03. The van der Waals surface area contributed by atoms with Crippen LogP contribution in [0.5, 0.6) is 0 Å². The molecule has 0 fully saturated rings. The Morgan fingerprint density at radius 3 is 3.15 bits per heavy atom. The molecular formula is C16H23N3S. The summed E-state index contributed by atoms with van der Waals surface area (Å²) in [6.45, 7) is 6.19. The van der Waals surface area contributed by atoms with E-state index in [0.29, 0.717) is 6.04 Å². The van der Waals surface area contributed by atoms with Gasteiger partial charge in [0.25, 0.3) is 0 Å². The molecule has 0 spiro atoms. The van der Waals surface area contributed by atoms with Crippen molar-refractivity contribution in [1.82, 2.24) is 15.1 Å². The number of aryl methyl sites for hydroxylation is 3. The Labute approximate surface area is 125 Å². The van der Waals surface area contributed by atoms with Crippen LogP contribution >= 0.6 is 11.3 Å². The van der Waals surface area contributed by atoms with Crippen molar-refractivity contribution in [2.45, 2.75) is 58.7 Å². The van der Waals surface area contributed by atoms with E-state index in [1.807, 2.05) is 11.3 Å². The highest BCUT2D eigenvalue weighted by atomic mass is 32.1. The molecule has 1 aliphatic carbocycles. The molecular weight excluding hydrogens is 266 g/mol. The van der Waals surface area contributed by atoms with Crippen molar-refractivity contribution in [3.05, 3.63) is 39.3 Å². The third-order valence-electron chi connectivity index (χ3n) is 4.16. The summed E-state index contributed by atoms with van der Waals surface area (Å²) in [5.74, 6) is 0. The van der Waals surface area contributed by atoms with Gasteiger partial charge in [-0.2, -0.15) is 5.10 Å². The van der Waals surface area contributed by atoms with Gasteiger partial charge in [-0.3, -0.25) is 4.68 Å². The van der Waals surface area contributed by atoms with Gasteiger partial charge in [0.2, 0.25) is 0 Å². The Balaban J connectivity index is 1.70. The van der Waals surface area contributed by atoms with Crippen molar-refractivity contribution in [2.75, 3.05) is 0 Å². The maximum atomic E-state index is 4.62. The number of hydrogen-bond acceptors (Lipinski definition) is 3. The molecule has 0 saturated carbocycles. The fraction of sp³-hybridized carbons (Fsp3) is 0.562. The van der Waals surface area contributed by atoms with Gasteiger partial charge in [-0.1, -0.05) is 6.92 Å². The normalized spacial score (nSPS) is 18.2. The van der Waals surface area contributed by atoms with Crippen LogP contribution in [-0.4, -0.2) is 9.78 Å². The van der Waals surface area contributed by atoms with Crippen molar-refractivity contribution in [2.24, 2.45) is 0 Å². The van der Waals surface area contributed by atoms with E-state index in [2.05, 4.69) is 46.5 Å². The molecule has 0 saturated heterocycles. The number of aromatic nitrogens is 2. The standard InChI is InChI=1S/C16H23N3S/c1-3-12-10-13(19(4-2)18-12)11-17-15-6-5-7-16-14(15)8-9-20-16/h8-10,15,17H,3-7,11H2,1-2H3. The predicted molar refractivity (Wildman–Crippen MR) is 84.1 cm³/mol. The first kappa shape index (κ1) is 13.8. The molecule has 3 rings (SSSR count). The van der Waals surface area contributed by atoms with Crippen LogP contribution in [-0.2, 0) is 25.9 Å². The summed E-state index contributed by atoms with van der Waals surface area (Å²) < 4.78 is 2.13. The highest BCUT2D eigenvalue weighted by Gasteiger charge is 2.21. The van der Waals surface area contributed by atoms with Crippen LogP contribution in [0.15, 0.2) is 17.5 Å². The largest absolute Gasteiger partial charge is 0.304 e. The number of rotatable bonds is 5. The van der Waals surface area contributed by atoms with Crippen LogP contribution < -0.4 is 5.32 Å². The monoisotopic (exact) mass is 289 g/mol. The molecule has 2 aromatic heterocycles. The lowest BCUT2D eigenvalue weighted by Crippen LogP contribution is -2.25. The molecule has 0 aromatic carbocycles. The summed E-state index contributed by atoms with van der Waals surface area (Å²) in [5, 5.41) is 10.6. The summed E-state index contributed by atoms with van der Waals surface area (Å²) in [6.07, 6.45) is 4.83. The lowest BCUT2D eigenvalue weighted by molar-refractivity contribution is 0.450. The quantitative estimate of drug-likeness (QED) is 0.909. The van der Waals surface area contributed by atoms with Gasteiger partial charge >= 0.3 is 0 Å². The average Bonchev–Trinajstić information content (AvgIpc) is 3.11. The number of hydrogen-bond donors (Lipinski definition) is 1. The average molecular weight is 289 g/mol. The van der Waals surface area contributed by atoms with E-state index in [-0.39, 0.29) is 0 Å². The van der Waals surface area contributed by atoms with Crippen LogP contribution in [0, 0.1) is 0 Å². The zero-order chi connectivity index (χ0) is 13.9. The van der Waals surface area contributed by atoms with Gasteiger partial charge < -0.3 is 5.32 Å². The van der Waals surface area contributed by atoms with E-state index >= 15 is 0 Å². The highest BCUT2D eigenvalue weighted by Crippen LogP contribution is 2.33. The number of thiophene rings is 1. The second kappa shape index (κ2) is 6.10. The van der Waals surface area contributed by atoms with Crippen LogP contribution in [0.4, 0.5) is 0 Å². The minimum atomic E-state index is 0.523. The molecule has 1 aliphatic rings. The zero-order valence-corrected chi connectivity index (χ0v) is 13.2. The molecule has 4 heteroatoms. The molecule has 108 valence electrons. The van der Waals surface area contributed by atoms with Crippen molar-refractivity contribution in [1.29, 1.82) is 0 Å². The summed E-state index contributed by atoms with van der Waals surface area (Å²) in [7, 11) is 0. The van der Waals surface area contributed by atoms with Crippen molar-refractivity contribution in [3.63, 3.8) is 0 Å². The number of nitrogens with one attached hydrogen (secondary N) is 1. The third kappa shape index (κ3) is 2.67. The van der Waals surface area contributed by atoms with Gasteiger partial charge in [-0.05, 0) is 55.7 Å². The Morgan fingerprint density at radius 1 is 1.45 bits per heavy atom. The topological polar surface area (TPSA) is 29.9 Å². The van der Waals surface area contributed by atoms with Gasteiger partial charge in [-0.25, -0.2) is 0 Å². The fourth-order valence-corrected chi connectivity index (χ4v) is 4.02. The molecule has 2 heterocycles. The first-order valence-electron chi connectivity index (χ1n) is 7.67. The van der Waals surface area contributed by atoms with E-state index < -0.39 is 0 Å². The molecule has 0 aliphatic heterocycles. The first-order chi connectivity index (χ1) is 9.81. The predicted octanol–water partition coefficient (Wildman–Crippen LogP) is 3.69. The summed E-state index contributed by atoms with van der Waals surface area (Å²) >= 11 is 1.91. The summed E-state index contributed by atoms with van der Waals surface area (Å²) in [5.41, 5.74) is 4.04. The molecule has 3 nitrogen and oxygen atoms in total. The zero-order valence-electron chi connectivity index (χ0n) is 12.4. The maximum Gasteiger partial charge on any atom is 0.0625 e. The molecule has 20 heavy (non-hydrogen) atoms. The lowest BCUT2D eigenvalue weighted by atomic mass is 9.94. The van der Waals surface area contributed by atoms with E-state index in [0.717, 1.165) is 19.5 Å². The lowest BCUT2D eigenvalue weighted by Gasteiger charge is -2.23. The second-order valence-corrected chi connectivity index (χ2v) is 6.42. The number of fused-ring (bicyclic) bond motifs is 1. The molecule has 1 unspecified atom stereocenters. The van der Waals surface area contributed by atoms with Gasteiger partial charge in [0.05, 0.1) is 11.4 Å². The SMILES string of the molecule is CCc1cc(CNC2CCCc3sccc32)n(CC)n1. The first-order valence-corrected chi connectivity index (χ1v) is 8.55. The van der Waals surface area contributed by atoms with E-state index in [9.17, 15) is 0 Å². The number of nitrogens with zero attached hydrogens (tertiary/aromatic N) is 2. The van der Waals surface area contributed by atoms with E-state index in [4.69, 9.17) is 0 Å². The molecule has 0 radical (unpaired) electrons. The molecule has 2 aromatic rings. The minimum Gasteiger partial charge on any atom is -0.304 e. The second-order valence-electron chi connectivity index (χ2n) is 5.42. The summed E-state index contributed by atoms with van der Waals surface area (Å²) in [4.78, 5) is 1.58. The van der Waals surface area contributed by atoms with Crippen molar-refractivity contribution >= 4 is 11.3 Å². The Hall–Kier alpha value is -1.13. The van der Waals surface area contributed by atoms with Gasteiger partial charge in [-0.15, -0.1) is 11.3 Å². The third-order valence-corrected chi connectivity index (χ3v) is 5.15. The molecule has 1 N–H and O–H groups in total. The highest BCUT2D eigenvalue weighted by molar-refractivity contribution is 7.10. The smallest absolute Gasteiger partial charge is 0.0625 e.